The molecule has 1 aliphatic heterocycles. The first-order valence-corrected chi connectivity index (χ1v) is 12.1. The van der Waals surface area contributed by atoms with Gasteiger partial charge in [0, 0.05) is 19.2 Å². The van der Waals surface area contributed by atoms with Gasteiger partial charge in [-0.25, -0.2) is 0 Å². The molecular weight excluding hydrogens is 478 g/mol. The first-order valence-electron chi connectivity index (χ1n) is 12.1. The highest BCUT2D eigenvalue weighted by molar-refractivity contribution is 6.46. The number of Topliss-reactive ketones (excluding diaryl/α,β-unsaturated/α-hetero) is 1. The van der Waals surface area contributed by atoms with Crippen molar-refractivity contribution in [1.29, 1.82) is 0 Å². The van der Waals surface area contributed by atoms with Gasteiger partial charge in [0.25, 0.3) is 11.7 Å². The number of carbonyl (C=O) groups excluding carboxylic acids is 2. The van der Waals surface area contributed by atoms with Crippen LogP contribution in [0.1, 0.15) is 42.5 Å². The average Bonchev–Trinajstić information content (AvgIpc) is 3.16. The molecule has 1 fully saturated rings. The second kappa shape index (κ2) is 12.5. The zero-order valence-corrected chi connectivity index (χ0v) is 22.3. The van der Waals surface area contributed by atoms with E-state index in [9.17, 15) is 14.7 Å². The quantitative estimate of drug-likeness (QED) is 0.194. The van der Waals surface area contributed by atoms with Gasteiger partial charge >= 0.3 is 0 Å². The van der Waals surface area contributed by atoms with Crippen molar-refractivity contribution < 1.29 is 38.4 Å². The zero-order chi connectivity index (χ0) is 27.1. The van der Waals surface area contributed by atoms with Crippen LogP contribution in [0.3, 0.4) is 0 Å². The lowest BCUT2D eigenvalue weighted by molar-refractivity contribution is -0.140. The highest BCUT2D eigenvalue weighted by Gasteiger charge is 2.46. The number of likely N-dealkylation sites (tertiary alicyclic amines) is 1. The molecule has 3 rings (SSSR count). The smallest absolute Gasteiger partial charge is 0.295 e. The molecule has 1 aliphatic rings. The molecule has 2 aromatic rings. The summed E-state index contributed by atoms with van der Waals surface area (Å²) >= 11 is 0. The maximum Gasteiger partial charge on any atom is 0.295 e. The van der Waals surface area contributed by atoms with E-state index >= 15 is 0 Å². The molecule has 0 aliphatic carbocycles. The van der Waals surface area contributed by atoms with Gasteiger partial charge in [-0.1, -0.05) is 13.3 Å². The number of aliphatic hydroxyl groups is 1. The molecule has 0 radical (unpaired) electrons. The van der Waals surface area contributed by atoms with Gasteiger partial charge in [-0.15, -0.1) is 0 Å². The Morgan fingerprint density at radius 1 is 0.946 bits per heavy atom. The standard InChI is InChI=1S/C28H35NO8/c1-7-8-12-37-20-10-9-18(14-17(20)2)25(30)23-24(29(11-13-33-3)28(32)26(23)31)19-15-21(34-4)27(36-6)22(16-19)35-5/h9-10,14-16,24,30H,7-8,11-13H2,1-6H3. The van der Waals surface area contributed by atoms with E-state index in [1.807, 2.05) is 6.92 Å². The molecule has 1 N–H and O–H groups in total. The van der Waals surface area contributed by atoms with Crippen LogP contribution in [0.5, 0.6) is 23.0 Å². The summed E-state index contributed by atoms with van der Waals surface area (Å²) in [4.78, 5) is 27.8. The molecule has 0 saturated carbocycles. The van der Waals surface area contributed by atoms with Crippen molar-refractivity contribution in [1.82, 2.24) is 4.90 Å². The molecule has 1 atom stereocenters. The molecule has 200 valence electrons. The van der Waals surface area contributed by atoms with Crippen molar-refractivity contribution in [3.05, 3.63) is 52.6 Å². The van der Waals surface area contributed by atoms with E-state index in [1.165, 1.54) is 33.3 Å². The van der Waals surface area contributed by atoms with Gasteiger partial charge in [-0.3, -0.25) is 9.59 Å². The number of aliphatic hydroxyl groups excluding tert-OH is 1. The number of hydrogen-bond donors (Lipinski definition) is 1. The summed E-state index contributed by atoms with van der Waals surface area (Å²) < 4.78 is 27.4. The highest BCUT2D eigenvalue weighted by atomic mass is 16.5. The third-order valence-corrected chi connectivity index (χ3v) is 6.28. The molecular formula is C28H35NO8. The van der Waals surface area contributed by atoms with Gasteiger partial charge in [-0.05, 0) is 54.8 Å². The van der Waals surface area contributed by atoms with E-state index < -0.39 is 17.7 Å². The van der Waals surface area contributed by atoms with Crippen LogP contribution in [-0.4, -0.2) is 69.9 Å². The number of amides is 1. The molecule has 9 nitrogen and oxygen atoms in total. The predicted molar refractivity (Wildman–Crippen MR) is 139 cm³/mol. The van der Waals surface area contributed by atoms with E-state index in [0.717, 1.165) is 18.4 Å². The molecule has 0 aromatic heterocycles. The van der Waals surface area contributed by atoms with Crippen LogP contribution < -0.4 is 18.9 Å². The summed E-state index contributed by atoms with van der Waals surface area (Å²) in [5.74, 6) is 0.00270. The van der Waals surface area contributed by atoms with Gasteiger partial charge in [-0.2, -0.15) is 0 Å². The number of unbranched alkanes of at least 4 members (excludes halogenated alkanes) is 1. The van der Waals surface area contributed by atoms with Crippen LogP contribution in [0, 0.1) is 6.92 Å². The topological polar surface area (TPSA) is 104 Å². The molecule has 1 heterocycles. The minimum atomic E-state index is -0.898. The molecule has 2 aromatic carbocycles. The molecule has 9 heteroatoms. The highest BCUT2D eigenvalue weighted by Crippen LogP contribution is 2.45. The number of ether oxygens (including phenoxy) is 5. The maximum atomic E-state index is 13.3. The summed E-state index contributed by atoms with van der Waals surface area (Å²) in [6.45, 7) is 4.89. The number of carbonyl (C=O) groups is 2. The third-order valence-electron chi connectivity index (χ3n) is 6.28. The number of hydrogen-bond acceptors (Lipinski definition) is 8. The van der Waals surface area contributed by atoms with Gasteiger partial charge in [0.1, 0.15) is 11.5 Å². The first-order chi connectivity index (χ1) is 17.8. The fourth-order valence-electron chi connectivity index (χ4n) is 4.35. The van der Waals surface area contributed by atoms with Crippen LogP contribution in [0.15, 0.2) is 35.9 Å². The van der Waals surface area contributed by atoms with E-state index in [-0.39, 0.29) is 24.5 Å². The summed E-state index contributed by atoms with van der Waals surface area (Å²) in [6.07, 6.45) is 1.95. The average molecular weight is 514 g/mol. The summed E-state index contributed by atoms with van der Waals surface area (Å²) in [7, 11) is 5.96. The molecule has 1 saturated heterocycles. The van der Waals surface area contributed by atoms with Gasteiger partial charge in [0.2, 0.25) is 5.75 Å². The molecule has 0 spiro atoms. The van der Waals surface area contributed by atoms with E-state index in [1.54, 1.807) is 30.3 Å². The number of methoxy groups -OCH3 is 4. The van der Waals surface area contributed by atoms with Crippen molar-refractivity contribution >= 4 is 17.4 Å². The van der Waals surface area contributed by atoms with E-state index in [2.05, 4.69) is 6.92 Å². The Morgan fingerprint density at radius 2 is 1.62 bits per heavy atom. The molecule has 37 heavy (non-hydrogen) atoms. The zero-order valence-electron chi connectivity index (χ0n) is 22.3. The second-order valence-electron chi connectivity index (χ2n) is 8.63. The van der Waals surface area contributed by atoms with Crippen LogP contribution in [0.4, 0.5) is 0 Å². The minimum absolute atomic E-state index is 0.0329. The van der Waals surface area contributed by atoms with E-state index in [0.29, 0.717) is 40.7 Å². The number of aryl methyl sites for hydroxylation is 1. The van der Waals surface area contributed by atoms with Gasteiger partial charge < -0.3 is 33.7 Å². The monoisotopic (exact) mass is 513 g/mol. The maximum absolute atomic E-state index is 13.3. The fourth-order valence-corrected chi connectivity index (χ4v) is 4.35. The number of rotatable bonds is 12. The molecule has 1 amide bonds. The van der Waals surface area contributed by atoms with Crippen LogP contribution in [-0.2, 0) is 14.3 Å². The number of benzene rings is 2. The Balaban J connectivity index is 2.17. The van der Waals surface area contributed by atoms with Crippen LogP contribution >= 0.6 is 0 Å². The first kappa shape index (κ1) is 27.9. The largest absolute Gasteiger partial charge is 0.507 e. The Labute approximate surface area is 217 Å². The number of nitrogens with zero attached hydrogens (tertiary/aromatic N) is 1. The van der Waals surface area contributed by atoms with Crippen molar-refractivity contribution in [2.45, 2.75) is 32.7 Å². The second-order valence-corrected chi connectivity index (χ2v) is 8.63. The van der Waals surface area contributed by atoms with Crippen molar-refractivity contribution in [2.24, 2.45) is 0 Å². The normalized spacial score (nSPS) is 16.7. The van der Waals surface area contributed by atoms with Gasteiger partial charge in [0.05, 0.1) is 46.2 Å². The van der Waals surface area contributed by atoms with Crippen molar-refractivity contribution in [3.63, 3.8) is 0 Å². The lowest BCUT2D eigenvalue weighted by atomic mass is 9.94. The number of ketones is 1. The Bertz CT molecular complexity index is 1150. The Hall–Kier alpha value is -3.72. The minimum Gasteiger partial charge on any atom is -0.507 e. The summed E-state index contributed by atoms with van der Waals surface area (Å²) in [6, 6.07) is 7.62. The third kappa shape index (κ3) is 5.67. The summed E-state index contributed by atoms with van der Waals surface area (Å²) in [5, 5.41) is 11.4. The Morgan fingerprint density at radius 3 is 2.16 bits per heavy atom. The lowest BCUT2D eigenvalue weighted by Crippen LogP contribution is -2.32. The van der Waals surface area contributed by atoms with Crippen LogP contribution in [0.2, 0.25) is 0 Å². The van der Waals surface area contributed by atoms with Crippen molar-refractivity contribution in [2.75, 3.05) is 48.2 Å². The lowest BCUT2D eigenvalue weighted by Gasteiger charge is -2.26. The van der Waals surface area contributed by atoms with E-state index in [4.69, 9.17) is 23.7 Å². The van der Waals surface area contributed by atoms with Crippen molar-refractivity contribution in [3.8, 4) is 23.0 Å². The van der Waals surface area contributed by atoms with Crippen LogP contribution in [0.25, 0.3) is 5.76 Å². The van der Waals surface area contributed by atoms with Gasteiger partial charge in [0.15, 0.2) is 11.5 Å². The molecule has 1 unspecified atom stereocenters. The summed E-state index contributed by atoms with van der Waals surface area (Å²) in [5.41, 5.74) is 1.69. The Kier molecular flexibility index (Phi) is 9.41. The predicted octanol–water partition coefficient (Wildman–Crippen LogP) is 4.27. The molecule has 0 bridgehead atoms. The SMILES string of the molecule is CCCCOc1ccc(C(O)=C2C(=O)C(=O)N(CCOC)C2c2cc(OC)c(OC)c(OC)c2)cc1C. The fraction of sp³-hybridized carbons (Fsp3) is 0.429.